The van der Waals surface area contributed by atoms with Gasteiger partial charge in [-0.1, -0.05) is 24.3 Å². The number of carbonyl (C=O) groups excluding carboxylic acids is 1. The summed E-state index contributed by atoms with van der Waals surface area (Å²) < 4.78 is 18.5. The van der Waals surface area contributed by atoms with Gasteiger partial charge in [0.1, 0.15) is 17.3 Å². The lowest BCUT2D eigenvalue weighted by Crippen LogP contribution is -2.30. The lowest BCUT2D eigenvalue weighted by molar-refractivity contribution is -0.125. The number of carbonyl (C=O) groups is 1. The Balaban J connectivity index is 1.51. The molecule has 0 heterocycles. The van der Waals surface area contributed by atoms with Gasteiger partial charge in [0.05, 0.1) is 0 Å². The highest BCUT2D eigenvalue weighted by Gasteiger charge is 2.17. The number of allylic oxidation sites excluding steroid dienone is 2. The number of amides is 1. The third kappa shape index (κ3) is 4.44. The van der Waals surface area contributed by atoms with E-state index >= 15 is 0 Å². The van der Waals surface area contributed by atoms with Gasteiger partial charge in [0, 0.05) is 12.5 Å². The van der Waals surface area contributed by atoms with Crippen LogP contribution in [0, 0.1) is 11.7 Å². The minimum Gasteiger partial charge on any atom is -0.457 e. The minimum absolute atomic E-state index is 0.0936. The van der Waals surface area contributed by atoms with Gasteiger partial charge in [-0.15, -0.1) is 0 Å². The van der Waals surface area contributed by atoms with Gasteiger partial charge in [0.2, 0.25) is 5.91 Å². The number of hydrogen-bond donors (Lipinski definition) is 1. The molecule has 1 amide bonds. The van der Waals surface area contributed by atoms with Crippen LogP contribution in [-0.2, 0) is 11.3 Å². The van der Waals surface area contributed by atoms with Gasteiger partial charge in [0.15, 0.2) is 0 Å². The SMILES string of the molecule is O=C(NCc1ccc(Oc2ccc(F)cc2)cc1)[C@@H]1CC=CCC1. The Morgan fingerprint density at radius 2 is 1.71 bits per heavy atom. The van der Waals surface area contributed by atoms with Gasteiger partial charge in [-0.05, 0) is 61.2 Å². The van der Waals surface area contributed by atoms with E-state index in [1.807, 2.05) is 24.3 Å². The zero-order chi connectivity index (χ0) is 16.8. The summed E-state index contributed by atoms with van der Waals surface area (Å²) in [6.45, 7) is 0.510. The fourth-order valence-corrected chi connectivity index (χ4v) is 2.68. The Morgan fingerprint density at radius 3 is 2.33 bits per heavy atom. The molecule has 24 heavy (non-hydrogen) atoms. The maximum atomic E-state index is 12.9. The smallest absolute Gasteiger partial charge is 0.223 e. The lowest BCUT2D eigenvalue weighted by Gasteiger charge is -2.17. The molecule has 2 aromatic carbocycles. The van der Waals surface area contributed by atoms with Crippen LogP contribution in [0.3, 0.4) is 0 Å². The number of nitrogens with one attached hydrogen (secondary N) is 1. The summed E-state index contributed by atoms with van der Waals surface area (Å²) in [6, 6.07) is 13.4. The summed E-state index contributed by atoms with van der Waals surface area (Å²) in [4.78, 5) is 12.1. The summed E-state index contributed by atoms with van der Waals surface area (Å²) >= 11 is 0. The molecule has 0 aliphatic heterocycles. The van der Waals surface area contributed by atoms with Gasteiger partial charge in [-0.2, -0.15) is 0 Å². The van der Waals surface area contributed by atoms with Crippen molar-refractivity contribution in [1.82, 2.24) is 5.32 Å². The molecule has 0 saturated heterocycles. The van der Waals surface area contributed by atoms with Crippen LogP contribution in [0.25, 0.3) is 0 Å². The third-order valence-electron chi connectivity index (χ3n) is 4.08. The van der Waals surface area contributed by atoms with Gasteiger partial charge in [-0.3, -0.25) is 4.79 Å². The van der Waals surface area contributed by atoms with Crippen molar-refractivity contribution in [2.45, 2.75) is 25.8 Å². The normalized spacial score (nSPS) is 16.6. The topological polar surface area (TPSA) is 38.3 Å². The first-order valence-corrected chi connectivity index (χ1v) is 8.16. The molecule has 1 aliphatic carbocycles. The molecule has 0 fully saturated rings. The zero-order valence-electron chi connectivity index (χ0n) is 13.4. The van der Waals surface area contributed by atoms with E-state index < -0.39 is 0 Å². The number of benzene rings is 2. The molecular weight excluding hydrogens is 305 g/mol. The molecule has 124 valence electrons. The van der Waals surface area contributed by atoms with E-state index in [1.165, 1.54) is 12.1 Å². The van der Waals surface area contributed by atoms with Gasteiger partial charge < -0.3 is 10.1 Å². The standard InChI is InChI=1S/C20H20FNO2/c21-17-8-12-19(13-9-17)24-18-10-6-15(7-11-18)14-22-20(23)16-4-2-1-3-5-16/h1-2,6-13,16H,3-5,14H2,(H,22,23)/t16-/m1/s1. The van der Waals surface area contributed by atoms with Crippen LogP contribution in [-0.4, -0.2) is 5.91 Å². The van der Waals surface area contributed by atoms with Crippen molar-refractivity contribution in [3.8, 4) is 11.5 Å². The quantitative estimate of drug-likeness (QED) is 0.817. The van der Waals surface area contributed by atoms with Crippen molar-refractivity contribution in [3.05, 3.63) is 72.1 Å². The Bertz CT molecular complexity index is 707. The first kappa shape index (κ1) is 16.2. The van der Waals surface area contributed by atoms with Gasteiger partial charge in [-0.25, -0.2) is 4.39 Å². The van der Waals surface area contributed by atoms with E-state index in [1.54, 1.807) is 12.1 Å². The summed E-state index contributed by atoms with van der Waals surface area (Å²) in [6.07, 6.45) is 6.94. The molecule has 3 nitrogen and oxygen atoms in total. The minimum atomic E-state index is -0.290. The Hall–Kier alpha value is -2.62. The van der Waals surface area contributed by atoms with Crippen LogP contribution >= 0.6 is 0 Å². The maximum Gasteiger partial charge on any atom is 0.223 e. The molecule has 1 atom stereocenters. The molecule has 0 radical (unpaired) electrons. The average Bonchev–Trinajstić information content (AvgIpc) is 2.63. The zero-order valence-corrected chi connectivity index (χ0v) is 13.4. The van der Waals surface area contributed by atoms with E-state index in [0.717, 1.165) is 24.8 Å². The van der Waals surface area contributed by atoms with Crippen LogP contribution in [0.4, 0.5) is 4.39 Å². The van der Waals surface area contributed by atoms with Crippen molar-refractivity contribution in [2.24, 2.45) is 5.92 Å². The molecule has 1 aliphatic rings. The highest BCUT2D eigenvalue weighted by atomic mass is 19.1. The molecule has 0 aromatic heterocycles. The third-order valence-corrected chi connectivity index (χ3v) is 4.08. The molecule has 0 bridgehead atoms. The fourth-order valence-electron chi connectivity index (χ4n) is 2.68. The van der Waals surface area contributed by atoms with Gasteiger partial charge >= 0.3 is 0 Å². The first-order valence-electron chi connectivity index (χ1n) is 8.16. The second kappa shape index (κ2) is 7.77. The molecule has 0 unspecified atom stereocenters. The van der Waals surface area contributed by atoms with Crippen LogP contribution in [0.1, 0.15) is 24.8 Å². The van der Waals surface area contributed by atoms with Crippen LogP contribution in [0.15, 0.2) is 60.7 Å². The van der Waals surface area contributed by atoms with Crippen LogP contribution in [0.2, 0.25) is 0 Å². The number of rotatable bonds is 5. The predicted octanol–water partition coefficient (Wildman–Crippen LogP) is 4.59. The Kier molecular flexibility index (Phi) is 5.26. The predicted molar refractivity (Wildman–Crippen MR) is 91.2 cm³/mol. The number of halogens is 1. The summed E-state index contributed by atoms with van der Waals surface area (Å²) in [5.41, 5.74) is 1.01. The molecular formula is C20H20FNO2. The summed E-state index contributed by atoms with van der Waals surface area (Å²) in [7, 11) is 0. The van der Waals surface area contributed by atoms with Crippen molar-refractivity contribution in [2.75, 3.05) is 0 Å². The highest BCUT2D eigenvalue weighted by Crippen LogP contribution is 2.22. The van der Waals surface area contributed by atoms with E-state index in [0.29, 0.717) is 18.0 Å². The highest BCUT2D eigenvalue weighted by molar-refractivity contribution is 5.78. The Labute approximate surface area is 141 Å². The molecule has 0 spiro atoms. The van der Waals surface area contributed by atoms with E-state index in [9.17, 15) is 9.18 Å². The second-order valence-corrected chi connectivity index (χ2v) is 5.90. The van der Waals surface area contributed by atoms with Crippen molar-refractivity contribution >= 4 is 5.91 Å². The maximum absolute atomic E-state index is 12.9. The van der Waals surface area contributed by atoms with Crippen LogP contribution in [0.5, 0.6) is 11.5 Å². The summed E-state index contributed by atoms with van der Waals surface area (Å²) in [5, 5.41) is 2.99. The fraction of sp³-hybridized carbons (Fsp3) is 0.250. The second-order valence-electron chi connectivity index (χ2n) is 5.90. The average molecular weight is 325 g/mol. The molecule has 1 N–H and O–H groups in total. The van der Waals surface area contributed by atoms with Crippen molar-refractivity contribution < 1.29 is 13.9 Å². The van der Waals surface area contributed by atoms with Crippen LogP contribution < -0.4 is 10.1 Å². The Morgan fingerprint density at radius 1 is 1.04 bits per heavy atom. The summed E-state index contributed by atoms with van der Waals surface area (Å²) in [5.74, 6) is 1.18. The number of hydrogen-bond acceptors (Lipinski definition) is 2. The molecule has 4 heteroatoms. The van der Waals surface area contributed by atoms with Gasteiger partial charge in [0.25, 0.3) is 0 Å². The monoisotopic (exact) mass is 325 g/mol. The van der Waals surface area contributed by atoms with Crippen molar-refractivity contribution in [1.29, 1.82) is 0 Å². The van der Waals surface area contributed by atoms with E-state index in [-0.39, 0.29) is 17.6 Å². The largest absolute Gasteiger partial charge is 0.457 e. The number of ether oxygens (including phenoxy) is 1. The van der Waals surface area contributed by atoms with Crippen molar-refractivity contribution in [3.63, 3.8) is 0 Å². The lowest BCUT2D eigenvalue weighted by atomic mass is 9.93. The molecule has 0 saturated carbocycles. The molecule has 2 aromatic rings. The first-order chi connectivity index (χ1) is 11.7. The van der Waals surface area contributed by atoms with E-state index in [4.69, 9.17) is 4.74 Å². The molecule has 3 rings (SSSR count). The van der Waals surface area contributed by atoms with E-state index in [2.05, 4.69) is 17.5 Å².